The highest BCUT2D eigenvalue weighted by Crippen LogP contribution is 2.31. The van der Waals surface area contributed by atoms with E-state index in [1.54, 1.807) is 0 Å². The number of hydrogen-bond acceptors (Lipinski definition) is 3. The van der Waals surface area contributed by atoms with E-state index in [1.807, 2.05) is 12.3 Å². The molecule has 3 aromatic rings. The third-order valence-electron chi connectivity index (χ3n) is 5.33. The number of benzene rings is 1. The van der Waals surface area contributed by atoms with Crippen LogP contribution in [0.3, 0.4) is 0 Å². The first-order valence-electron chi connectivity index (χ1n) is 9.37. The molecule has 4 nitrogen and oxygen atoms in total. The summed E-state index contributed by atoms with van der Waals surface area (Å²) >= 11 is 0. The van der Waals surface area contributed by atoms with Gasteiger partial charge < -0.3 is 9.47 Å². The van der Waals surface area contributed by atoms with Gasteiger partial charge in [0.05, 0.1) is 5.52 Å². The number of anilines is 1. The molecule has 3 heterocycles. The minimum atomic E-state index is -0.239. The number of piperidine rings is 1. The number of pyridine rings is 1. The van der Waals surface area contributed by atoms with E-state index in [-0.39, 0.29) is 5.82 Å². The zero-order chi connectivity index (χ0) is 18.3. The summed E-state index contributed by atoms with van der Waals surface area (Å²) in [5.74, 6) is 2.25. The summed E-state index contributed by atoms with van der Waals surface area (Å²) in [6.07, 6.45) is 6.22. The van der Waals surface area contributed by atoms with Gasteiger partial charge in [-0.1, -0.05) is 0 Å². The Morgan fingerprint density at radius 2 is 2.08 bits per heavy atom. The van der Waals surface area contributed by atoms with Crippen LogP contribution in [0.25, 0.3) is 10.9 Å². The lowest BCUT2D eigenvalue weighted by atomic mass is 9.96. The molecule has 0 amide bonds. The van der Waals surface area contributed by atoms with Crippen molar-refractivity contribution in [3.05, 3.63) is 53.9 Å². The molecule has 26 heavy (non-hydrogen) atoms. The summed E-state index contributed by atoms with van der Waals surface area (Å²) in [6.45, 7) is 8.32. The Bertz CT molecular complexity index is 931. The van der Waals surface area contributed by atoms with Crippen LogP contribution in [0.15, 0.2) is 36.7 Å². The average Bonchev–Trinajstić information content (AvgIpc) is 3.11. The molecule has 0 aliphatic carbocycles. The second-order valence-corrected chi connectivity index (χ2v) is 7.53. The van der Waals surface area contributed by atoms with E-state index in [1.165, 1.54) is 12.1 Å². The predicted molar refractivity (Wildman–Crippen MR) is 103 cm³/mol. The Morgan fingerprint density at radius 3 is 2.88 bits per heavy atom. The van der Waals surface area contributed by atoms with Crippen molar-refractivity contribution < 1.29 is 4.39 Å². The molecule has 136 valence electrons. The summed E-state index contributed by atoms with van der Waals surface area (Å²) in [6, 6.07) is 7.37. The summed E-state index contributed by atoms with van der Waals surface area (Å²) in [7, 11) is 0. The summed E-state index contributed by atoms with van der Waals surface area (Å²) in [5, 5.41) is 1.01. The van der Waals surface area contributed by atoms with Gasteiger partial charge in [-0.2, -0.15) is 0 Å². The van der Waals surface area contributed by atoms with Crippen molar-refractivity contribution in [3.63, 3.8) is 0 Å². The van der Waals surface area contributed by atoms with Crippen LogP contribution in [0.1, 0.15) is 50.0 Å². The molecule has 0 N–H and O–H groups in total. The minimum Gasteiger partial charge on any atom is -0.356 e. The third kappa shape index (κ3) is 3.06. The second-order valence-electron chi connectivity index (χ2n) is 7.53. The van der Waals surface area contributed by atoms with E-state index in [0.29, 0.717) is 12.0 Å². The topological polar surface area (TPSA) is 34.0 Å². The molecule has 4 rings (SSSR count). The fourth-order valence-electron chi connectivity index (χ4n) is 3.99. The third-order valence-corrected chi connectivity index (χ3v) is 5.33. The highest BCUT2D eigenvalue weighted by molar-refractivity contribution is 5.84. The van der Waals surface area contributed by atoms with Gasteiger partial charge in [0.1, 0.15) is 17.5 Å². The standard InChI is InChI=1S/C21H25FN4/c1-14(2)26-10-8-23-21(26)16-5-4-9-25(13-16)20-11-15(3)18-7-6-17(22)12-19(18)24-20/h6-8,10-12,14,16H,4-5,9,13H2,1-3H3. The Kier molecular flexibility index (Phi) is 4.39. The number of imidazole rings is 1. The molecule has 1 aliphatic rings. The van der Waals surface area contributed by atoms with Crippen LogP contribution in [0, 0.1) is 12.7 Å². The molecular formula is C21H25FN4. The maximum atomic E-state index is 13.6. The smallest absolute Gasteiger partial charge is 0.129 e. The lowest BCUT2D eigenvalue weighted by Gasteiger charge is -2.34. The quantitative estimate of drug-likeness (QED) is 0.676. The molecule has 1 aromatic carbocycles. The van der Waals surface area contributed by atoms with Crippen LogP contribution < -0.4 is 4.90 Å². The maximum absolute atomic E-state index is 13.6. The summed E-state index contributed by atoms with van der Waals surface area (Å²) in [5.41, 5.74) is 1.86. The first kappa shape index (κ1) is 17.0. The zero-order valence-electron chi connectivity index (χ0n) is 15.6. The van der Waals surface area contributed by atoms with Gasteiger partial charge in [-0.25, -0.2) is 14.4 Å². The lowest BCUT2D eigenvalue weighted by Crippen LogP contribution is -2.36. The molecule has 1 atom stereocenters. The molecule has 5 heteroatoms. The Labute approximate surface area is 153 Å². The van der Waals surface area contributed by atoms with E-state index in [9.17, 15) is 4.39 Å². The first-order chi connectivity index (χ1) is 12.5. The van der Waals surface area contributed by atoms with Gasteiger partial charge in [-0.15, -0.1) is 0 Å². The lowest BCUT2D eigenvalue weighted by molar-refractivity contribution is 0.453. The predicted octanol–water partition coefficient (Wildman–Crippen LogP) is 4.84. The largest absolute Gasteiger partial charge is 0.356 e. The highest BCUT2D eigenvalue weighted by Gasteiger charge is 2.26. The molecule has 0 bridgehead atoms. The number of aryl methyl sites for hydroxylation is 1. The van der Waals surface area contributed by atoms with E-state index in [2.05, 4.69) is 47.5 Å². The molecule has 1 unspecified atom stereocenters. The second kappa shape index (κ2) is 6.71. The highest BCUT2D eigenvalue weighted by atomic mass is 19.1. The summed E-state index contributed by atoms with van der Waals surface area (Å²) < 4.78 is 15.9. The van der Waals surface area contributed by atoms with E-state index in [4.69, 9.17) is 4.98 Å². The molecule has 0 radical (unpaired) electrons. The fraction of sp³-hybridized carbons (Fsp3) is 0.429. The van der Waals surface area contributed by atoms with Crippen LogP contribution in [-0.4, -0.2) is 27.6 Å². The van der Waals surface area contributed by atoms with Crippen molar-refractivity contribution in [3.8, 4) is 0 Å². The Hall–Kier alpha value is -2.43. The van der Waals surface area contributed by atoms with E-state index < -0.39 is 0 Å². The zero-order valence-corrected chi connectivity index (χ0v) is 15.6. The fourth-order valence-corrected chi connectivity index (χ4v) is 3.99. The normalized spacial score (nSPS) is 18.0. The number of nitrogens with zero attached hydrogens (tertiary/aromatic N) is 4. The number of hydrogen-bond donors (Lipinski definition) is 0. The molecule has 1 saturated heterocycles. The summed E-state index contributed by atoms with van der Waals surface area (Å²) in [4.78, 5) is 11.7. The van der Waals surface area contributed by atoms with Crippen molar-refractivity contribution in [2.24, 2.45) is 0 Å². The number of halogens is 1. The Balaban J connectivity index is 1.66. The van der Waals surface area contributed by atoms with Crippen molar-refractivity contribution in [2.75, 3.05) is 18.0 Å². The molecule has 1 fully saturated rings. The number of rotatable bonds is 3. The van der Waals surface area contributed by atoms with Crippen molar-refractivity contribution in [1.82, 2.24) is 14.5 Å². The number of fused-ring (bicyclic) bond motifs is 1. The minimum absolute atomic E-state index is 0.239. The van der Waals surface area contributed by atoms with Crippen LogP contribution in [-0.2, 0) is 0 Å². The van der Waals surface area contributed by atoms with Crippen LogP contribution in [0.2, 0.25) is 0 Å². The van der Waals surface area contributed by atoms with Crippen LogP contribution >= 0.6 is 0 Å². The van der Waals surface area contributed by atoms with E-state index >= 15 is 0 Å². The maximum Gasteiger partial charge on any atom is 0.129 e. The van der Waals surface area contributed by atoms with E-state index in [0.717, 1.165) is 54.0 Å². The Morgan fingerprint density at radius 1 is 1.23 bits per heavy atom. The van der Waals surface area contributed by atoms with Crippen LogP contribution in [0.4, 0.5) is 10.2 Å². The molecular weight excluding hydrogens is 327 g/mol. The molecule has 0 saturated carbocycles. The van der Waals surface area contributed by atoms with Gasteiger partial charge in [0.25, 0.3) is 0 Å². The average molecular weight is 352 g/mol. The van der Waals surface area contributed by atoms with Crippen molar-refractivity contribution >= 4 is 16.7 Å². The van der Waals surface area contributed by atoms with Gasteiger partial charge in [0.2, 0.25) is 0 Å². The molecule has 2 aromatic heterocycles. The number of aromatic nitrogens is 3. The SMILES string of the molecule is Cc1cc(N2CCCC(c3nccn3C(C)C)C2)nc2cc(F)ccc12. The van der Waals surface area contributed by atoms with Crippen molar-refractivity contribution in [2.45, 2.75) is 45.6 Å². The molecule has 1 aliphatic heterocycles. The van der Waals surface area contributed by atoms with Crippen LogP contribution in [0.5, 0.6) is 0 Å². The van der Waals surface area contributed by atoms with Crippen molar-refractivity contribution in [1.29, 1.82) is 0 Å². The van der Waals surface area contributed by atoms with Gasteiger partial charge in [-0.05, 0) is 57.4 Å². The monoisotopic (exact) mass is 352 g/mol. The van der Waals surface area contributed by atoms with Gasteiger partial charge in [0, 0.05) is 48.9 Å². The first-order valence-corrected chi connectivity index (χ1v) is 9.37. The van der Waals surface area contributed by atoms with Gasteiger partial charge in [-0.3, -0.25) is 0 Å². The van der Waals surface area contributed by atoms with Gasteiger partial charge in [0.15, 0.2) is 0 Å². The van der Waals surface area contributed by atoms with Gasteiger partial charge >= 0.3 is 0 Å². The molecule has 0 spiro atoms.